The summed E-state index contributed by atoms with van der Waals surface area (Å²) in [6.45, 7) is 18.0. The van der Waals surface area contributed by atoms with Crippen molar-refractivity contribution in [1.82, 2.24) is 0 Å². The molecule has 0 radical (unpaired) electrons. The smallest absolute Gasteiger partial charge is 0.454 e. The fourth-order valence-corrected chi connectivity index (χ4v) is 1.69. The topological polar surface area (TPSA) is 149 Å². The van der Waals surface area contributed by atoms with E-state index in [2.05, 4.69) is 0 Å². The molecule has 0 aliphatic carbocycles. The number of halogens is 12. The van der Waals surface area contributed by atoms with Gasteiger partial charge in [-0.25, -0.2) is 0 Å². The summed E-state index contributed by atoms with van der Waals surface area (Å²) in [5.41, 5.74) is -3.39. The second-order valence-electron chi connectivity index (χ2n) is 14.6. The van der Waals surface area contributed by atoms with Crippen molar-refractivity contribution in [3.63, 3.8) is 0 Å². The van der Waals surface area contributed by atoms with Gasteiger partial charge in [0, 0.05) is 72.2 Å². The average molecular weight is 876 g/mol. The summed E-state index contributed by atoms with van der Waals surface area (Å²) in [4.78, 5) is 41.4. The summed E-state index contributed by atoms with van der Waals surface area (Å²) < 4.78 is 140. The number of ketones is 4. The number of hydrogen-bond acceptors (Lipinski definition) is 8. The zero-order valence-electron chi connectivity index (χ0n) is 30.8. The number of alkyl halides is 12. The van der Waals surface area contributed by atoms with Crippen LogP contribution in [0.1, 0.15) is 83.1 Å². The minimum Gasteiger partial charge on any atom is -0.512 e. The molecule has 8 nitrogen and oxygen atoms in total. The number of hydrogen-bond donors (Lipinski definition) is 4. The molecule has 0 aromatic heterocycles. The summed E-state index contributed by atoms with van der Waals surface area (Å²) in [5, 5.41) is 36.2. The third kappa shape index (κ3) is 29.0. The van der Waals surface area contributed by atoms with Crippen LogP contribution < -0.4 is 0 Å². The maximum Gasteiger partial charge on any atom is 0.454 e. The van der Waals surface area contributed by atoms with Crippen LogP contribution in [0.4, 0.5) is 52.7 Å². The van der Waals surface area contributed by atoms with E-state index >= 15 is 0 Å². The zero-order chi connectivity index (χ0) is 43.4. The molecule has 0 unspecified atom stereocenters. The second-order valence-corrected chi connectivity index (χ2v) is 14.6. The first-order valence-corrected chi connectivity index (χ1v) is 14.3. The average Bonchev–Trinajstić information content (AvgIpc) is 2.85. The van der Waals surface area contributed by atoms with Gasteiger partial charge in [0.2, 0.25) is 0 Å². The minimum atomic E-state index is -4.92. The van der Waals surface area contributed by atoms with Gasteiger partial charge < -0.3 is 20.4 Å². The van der Waals surface area contributed by atoms with Crippen molar-refractivity contribution >= 4 is 23.1 Å². The van der Waals surface area contributed by atoms with Crippen molar-refractivity contribution in [3.8, 4) is 0 Å². The van der Waals surface area contributed by atoms with Gasteiger partial charge in [-0.2, -0.15) is 52.7 Å². The molecule has 0 atom stereocenters. The molecule has 0 aromatic rings. The zero-order valence-corrected chi connectivity index (χ0v) is 33.2. The number of allylic oxidation sites excluding steroid dienone is 8. The van der Waals surface area contributed by atoms with Crippen molar-refractivity contribution in [2.75, 3.05) is 0 Å². The van der Waals surface area contributed by atoms with E-state index in [-0.39, 0.29) is 50.5 Å². The van der Waals surface area contributed by atoms with E-state index in [1.807, 2.05) is 0 Å². The Morgan fingerprint density at radius 1 is 0.321 bits per heavy atom. The van der Waals surface area contributed by atoms with E-state index in [0.29, 0.717) is 0 Å². The van der Waals surface area contributed by atoms with Crippen LogP contribution in [-0.4, -0.2) is 68.3 Å². The molecule has 4 N–H and O–H groups in total. The summed E-state index contributed by atoms with van der Waals surface area (Å²) in [7, 11) is 0. The van der Waals surface area contributed by atoms with E-state index in [1.54, 1.807) is 0 Å². The number of aliphatic hydroxyl groups is 4. The van der Waals surface area contributed by atoms with Crippen LogP contribution in [0.25, 0.3) is 0 Å². The van der Waals surface area contributed by atoms with E-state index in [0.717, 1.165) is 0 Å². The molecular weight excluding hydrogens is 832 g/mol. The van der Waals surface area contributed by atoms with E-state index < -0.39 is 92.5 Å². The van der Waals surface area contributed by atoms with Gasteiger partial charge in [0.1, 0.15) is 23.0 Å². The van der Waals surface area contributed by atoms with Gasteiger partial charge in [0.25, 0.3) is 23.1 Å². The summed E-state index contributed by atoms with van der Waals surface area (Å²) in [6.07, 6.45) is -18.8. The molecule has 0 heterocycles. The molecule has 0 saturated carbocycles. The Morgan fingerprint density at radius 2 is 0.415 bits per heavy atom. The molecule has 308 valence electrons. The van der Waals surface area contributed by atoms with Crippen LogP contribution in [0.3, 0.4) is 0 Å². The van der Waals surface area contributed by atoms with Crippen LogP contribution in [0.2, 0.25) is 0 Å². The normalized spacial score (nSPS) is 14.2. The molecule has 0 fully saturated rings. The number of aliphatic hydroxyl groups excluding tert-OH is 4. The molecule has 0 spiro atoms. The van der Waals surface area contributed by atoms with Crippen molar-refractivity contribution in [3.05, 3.63) is 47.3 Å². The Bertz CT molecular complexity index is 1150. The maximum absolute atomic E-state index is 11.7. The van der Waals surface area contributed by atoms with Crippen molar-refractivity contribution < 1.29 is 118 Å². The molecule has 0 amide bonds. The van der Waals surface area contributed by atoms with Gasteiger partial charge in [0.15, 0.2) is 0 Å². The molecule has 53 heavy (non-hydrogen) atoms. The fraction of sp³-hybridized carbons (Fsp3) is 0.625. The molecule has 21 heteroatoms. The predicted octanol–water partition coefficient (Wildman–Crippen LogP) is 10.4. The van der Waals surface area contributed by atoms with Gasteiger partial charge in [0.05, 0.1) is 0 Å². The molecule has 0 aliphatic rings. The Balaban J connectivity index is -0.000000192. The standard InChI is InChI=1S/4C8H11F3O2.Zr/c4*1-7(2,3)5(12)4-6(13)8(9,10)11;/h4*4,12H,1-3H3;/b4*5-4-;. The van der Waals surface area contributed by atoms with Gasteiger partial charge in [-0.1, -0.05) is 83.1 Å². The number of carbonyl (C=O) groups excluding carboxylic acids is 4. The van der Waals surface area contributed by atoms with Crippen molar-refractivity contribution in [2.24, 2.45) is 21.7 Å². The van der Waals surface area contributed by atoms with E-state index in [9.17, 15) is 71.9 Å². The molecule has 0 saturated heterocycles. The summed E-state index contributed by atoms with van der Waals surface area (Å²) in [6, 6.07) is 0. The van der Waals surface area contributed by atoms with Crippen molar-refractivity contribution in [1.29, 1.82) is 0 Å². The monoisotopic (exact) mass is 874 g/mol. The molecule has 0 bridgehead atoms. The second kappa shape index (κ2) is 21.1. The Morgan fingerprint density at radius 3 is 0.472 bits per heavy atom. The van der Waals surface area contributed by atoms with Gasteiger partial charge in [-0.3, -0.25) is 19.2 Å². The Labute approximate surface area is 317 Å². The summed E-state index contributed by atoms with van der Waals surface area (Å²) >= 11 is 0. The maximum atomic E-state index is 11.7. The third-order valence-corrected chi connectivity index (χ3v) is 5.26. The molecular formula is C32H44F12O8Zr. The van der Waals surface area contributed by atoms with Crippen LogP contribution in [-0.2, 0) is 45.4 Å². The first-order valence-electron chi connectivity index (χ1n) is 14.3. The van der Waals surface area contributed by atoms with Gasteiger partial charge in [-0.05, 0) is 0 Å². The van der Waals surface area contributed by atoms with Gasteiger partial charge >= 0.3 is 24.7 Å². The third-order valence-electron chi connectivity index (χ3n) is 5.26. The van der Waals surface area contributed by atoms with Crippen LogP contribution in [0.5, 0.6) is 0 Å². The SMILES string of the molecule is CC(C)(C)/C(O)=C/C(=O)C(F)(F)F.CC(C)(C)/C(O)=C/C(=O)C(F)(F)F.CC(C)(C)/C(O)=C/C(=O)C(F)(F)F.CC(C)(C)/C(O)=C/C(=O)C(F)(F)F.[Zr]. The molecule has 0 aliphatic heterocycles. The first-order chi connectivity index (χ1) is 22.2. The molecule has 0 rings (SSSR count). The number of rotatable bonds is 4. The van der Waals surface area contributed by atoms with Crippen LogP contribution in [0, 0.1) is 21.7 Å². The van der Waals surface area contributed by atoms with Crippen LogP contribution in [0.15, 0.2) is 47.3 Å². The number of carbonyl (C=O) groups is 4. The van der Waals surface area contributed by atoms with E-state index in [1.165, 1.54) is 83.1 Å². The predicted molar refractivity (Wildman–Crippen MR) is 165 cm³/mol. The van der Waals surface area contributed by atoms with Crippen molar-refractivity contribution in [2.45, 2.75) is 108 Å². The Kier molecular flexibility index (Phi) is 23.6. The Hall–Kier alpha value is -3.12. The van der Waals surface area contributed by atoms with Gasteiger partial charge in [-0.15, -0.1) is 0 Å². The summed E-state index contributed by atoms with van der Waals surface area (Å²) in [5.74, 6) is -10.5. The molecule has 0 aromatic carbocycles. The first kappa shape index (κ1) is 59.2. The quantitative estimate of drug-likeness (QED) is 0.124. The van der Waals surface area contributed by atoms with E-state index in [4.69, 9.17) is 20.4 Å². The fourth-order valence-electron chi connectivity index (χ4n) is 1.69. The largest absolute Gasteiger partial charge is 0.512 e. The minimum absolute atomic E-state index is 0. The van der Waals surface area contributed by atoms with Crippen LogP contribution >= 0.6 is 0 Å².